The summed E-state index contributed by atoms with van der Waals surface area (Å²) in [4.78, 5) is 0. The molecule has 56 valence electrons. The molecule has 1 aromatic heterocycles. The summed E-state index contributed by atoms with van der Waals surface area (Å²) in [5.41, 5.74) is 1.34. The molecule has 2 heteroatoms. The fraction of sp³-hybridized carbons (Fsp3) is 0.500. The second kappa shape index (κ2) is 3.74. The smallest absolute Gasteiger partial charge is 0.0459 e. The number of aliphatic hydroxyl groups excluding tert-OH is 1. The predicted octanol–water partition coefficient (Wildman–Crippen LogP) is 1.92. The van der Waals surface area contributed by atoms with E-state index in [9.17, 15) is 0 Å². The molecule has 0 aromatic carbocycles. The Labute approximate surface area is 65.3 Å². The Bertz CT molecular complexity index is 169. The van der Waals surface area contributed by atoms with Crippen molar-refractivity contribution in [1.29, 1.82) is 0 Å². The molecule has 0 spiro atoms. The maximum absolute atomic E-state index is 8.74. The van der Waals surface area contributed by atoms with Crippen molar-refractivity contribution in [2.24, 2.45) is 5.92 Å². The zero-order chi connectivity index (χ0) is 7.40. The maximum atomic E-state index is 8.74. The van der Waals surface area contributed by atoms with Crippen LogP contribution in [0.2, 0.25) is 0 Å². The fourth-order valence-electron chi connectivity index (χ4n) is 0.876. The largest absolute Gasteiger partial charge is 0.396 e. The van der Waals surface area contributed by atoms with Gasteiger partial charge in [-0.2, -0.15) is 11.3 Å². The molecule has 0 aliphatic carbocycles. The molecule has 1 N–H and O–H groups in total. The number of aliphatic hydroxyl groups is 1. The van der Waals surface area contributed by atoms with Gasteiger partial charge >= 0.3 is 0 Å². The summed E-state index contributed by atoms with van der Waals surface area (Å²) in [6, 6.07) is 2.11. The number of hydrogen-bond acceptors (Lipinski definition) is 2. The summed E-state index contributed by atoms with van der Waals surface area (Å²) in [7, 11) is 0. The van der Waals surface area contributed by atoms with Crippen LogP contribution in [0.3, 0.4) is 0 Å². The molecule has 0 aliphatic heterocycles. The van der Waals surface area contributed by atoms with Gasteiger partial charge < -0.3 is 5.11 Å². The van der Waals surface area contributed by atoms with E-state index in [1.54, 1.807) is 11.3 Å². The molecule has 1 aromatic rings. The lowest BCUT2D eigenvalue weighted by molar-refractivity contribution is 0.237. The first kappa shape index (κ1) is 7.76. The lowest BCUT2D eigenvalue weighted by Crippen LogP contribution is -2.03. The first-order valence-electron chi connectivity index (χ1n) is 3.45. The van der Waals surface area contributed by atoms with E-state index in [0.717, 1.165) is 6.42 Å². The summed E-state index contributed by atoms with van der Waals surface area (Å²) >= 11 is 1.71. The van der Waals surface area contributed by atoms with E-state index < -0.39 is 0 Å². The molecule has 1 atom stereocenters. The third kappa shape index (κ3) is 2.12. The van der Waals surface area contributed by atoms with E-state index in [4.69, 9.17) is 5.11 Å². The van der Waals surface area contributed by atoms with Crippen molar-refractivity contribution in [3.63, 3.8) is 0 Å². The number of rotatable bonds is 3. The molecule has 0 bridgehead atoms. The van der Waals surface area contributed by atoms with Gasteiger partial charge in [0.15, 0.2) is 0 Å². The van der Waals surface area contributed by atoms with Crippen LogP contribution in [0.15, 0.2) is 16.8 Å². The fourth-order valence-corrected chi connectivity index (χ4v) is 1.56. The highest BCUT2D eigenvalue weighted by Gasteiger charge is 2.00. The average molecular weight is 156 g/mol. The van der Waals surface area contributed by atoms with Crippen molar-refractivity contribution < 1.29 is 5.11 Å². The standard InChI is InChI=1S/C8H12OS/c1-7(5-9)4-8-2-3-10-6-8/h2-3,6-7,9H,4-5H2,1H3/t7-/m0/s1. The Morgan fingerprint density at radius 3 is 3.00 bits per heavy atom. The van der Waals surface area contributed by atoms with E-state index in [1.807, 2.05) is 0 Å². The highest BCUT2D eigenvalue weighted by atomic mass is 32.1. The highest BCUT2D eigenvalue weighted by molar-refractivity contribution is 7.07. The summed E-state index contributed by atoms with van der Waals surface area (Å²) in [6.07, 6.45) is 1.00. The predicted molar refractivity (Wildman–Crippen MR) is 44.3 cm³/mol. The van der Waals surface area contributed by atoms with Crippen molar-refractivity contribution in [3.8, 4) is 0 Å². The molecule has 10 heavy (non-hydrogen) atoms. The van der Waals surface area contributed by atoms with Gasteiger partial charge in [0.05, 0.1) is 0 Å². The highest BCUT2D eigenvalue weighted by Crippen LogP contribution is 2.11. The van der Waals surface area contributed by atoms with E-state index in [2.05, 4.69) is 23.8 Å². The molecular weight excluding hydrogens is 144 g/mol. The normalized spacial score (nSPS) is 13.4. The first-order chi connectivity index (χ1) is 4.83. The molecule has 0 amide bonds. The van der Waals surface area contributed by atoms with Crippen LogP contribution in [0.1, 0.15) is 12.5 Å². The summed E-state index contributed by atoms with van der Waals surface area (Å²) < 4.78 is 0. The van der Waals surface area contributed by atoms with E-state index >= 15 is 0 Å². The van der Waals surface area contributed by atoms with E-state index in [0.29, 0.717) is 5.92 Å². The summed E-state index contributed by atoms with van der Waals surface area (Å²) in [5.74, 6) is 0.398. The van der Waals surface area contributed by atoms with Crippen molar-refractivity contribution in [3.05, 3.63) is 22.4 Å². The van der Waals surface area contributed by atoms with Gasteiger partial charge in [0.25, 0.3) is 0 Å². The minimum absolute atomic E-state index is 0.288. The van der Waals surface area contributed by atoms with Gasteiger partial charge in [0, 0.05) is 6.61 Å². The Hall–Kier alpha value is -0.340. The van der Waals surface area contributed by atoms with Crippen LogP contribution in [-0.2, 0) is 6.42 Å². The molecule has 0 saturated heterocycles. The molecule has 0 saturated carbocycles. The van der Waals surface area contributed by atoms with Crippen LogP contribution in [0.4, 0.5) is 0 Å². The van der Waals surface area contributed by atoms with Crippen molar-refractivity contribution >= 4 is 11.3 Å². The minimum atomic E-state index is 0.288. The van der Waals surface area contributed by atoms with Crippen molar-refractivity contribution in [2.45, 2.75) is 13.3 Å². The SMILES string of the molecule is C[C@H](CO)Cc1ccsc1. The van der Waals surface area contributed by atoms with Gasteiger partial charge in [-0.3, -0.25) is 0 Å². The van der Waals surface area contributed by atoms with Crippen LogP contribution in [-0.4, -0.2) is 11.7 Å². The quantitative estimate of drug-likeness (QED) is 0.709. The average Bonchev–Trinajstić information content (AvgIpc) is 2.40. The lowest BCUT2D eigenvalue weighted by atomic mass is 10.1. The maximum Gasteiger partial charge on any atom is 0.0459 e. The first-order valence-corrected chi connectivity index (χ1v) is 4.39. The topological polar surface area (TPSA) is 20.2 Å². The zero-order valence-corrected chi connectivity index (χ0v) is 6.90. The van der Waals surface area contributed by atoms with Crippen LogP contribution < -0.4 is 0 Å². The third-order valence-electron chi connectivity index (χ3n) is 1.48. The summed E-state index contributed by atoms with van der Waals surface area (Å²) in [6.45, 7) is 2.34. The molecule has 1 rings (SSSR count). The third-order valence-corrected chi connectivity index (χ3v) is 2.21. The molecule has 1 heterocycles. The molecule has 1 nitrogen and oxygen atoms in total. The van der Waals surface area contributed by atoms with Gasteiger partial charge in [-0.1, -0.05) is 6.92 Å². The Morgan fingerprint density at radius 1 is 1.70 bits per heavy atom. The Kier molecular flexibility index (Phi) is 2.90. The lowest BCUT2D eigenvalue weighted by Gasteiger charge is -2.03. The van der Waals surface area contributed by atoms with Crippen LogP contribution in [0, 0.1) is 5.92 Å². The molecule has 0 unspecified atom stereocenters. The Morgan fingerprint density at radius 2 is 2.50 bits per heavy atom. The molecule has 0 aliphatic rings. The van der Waals surface area contributed by atoms with Crippen LogP contribution in [0.25, 0.3) is 0 Å². The molecule has 0 radical (unpaired) electrons. The van der Waals surface area contributed by atoms with Gasteiger partial charge in [-0.05, 0) is 34.7 Å². The van der Waals surface area contributed by atoms with Crippen molar-refractivity contribution in [1.82, 2.24) is 0 Å². The second-order valence-electron chi connectivity index (χ2n) is 2.62. The van der Waals surface area contributed by atoms with E-state index in [1.165, 1.54) is 5.56 Å². The molecular formula is C8H12OS. The van der Waals surface area contributed by atoms with Gasteiger partial charge in [0.1, 0.15) is 0 Å². The van der Waals surface area contributed by atoms with Crippen molar-refractivity contribution in [2.75, 3.05) is 6.61 Å². The van der Waals surface area contributed by atoms with Gasteiger partial charge in [-0.15, -0.1) is 0 Å². The van der Waals surface area contributed by atoms with Gasteiger partial charge in [0.2, 0.25) is 0 Å². The van der Waals surface area contributed by atoms with Crippen LogP contribution >= 0.6 is 11.3 Å². The number of thiophene rings is 1. The second-order valence-corrected chi connectivity index (χ2v) is 3.40. The van der Waals surface area contributed by atoms with Crippen LogP contribution in [0.5, 0.6) is 0 Å². The minimum Gasteiger partial charge on any atom is -0.396 e. The zero-order valence-electron chi connectivity index (χ0n) is 6.08. The van der Waals surface area contributed by atoms with Gasteiger partial charge in [-0.25, -0.2) is 0 Å². The van der Waals surface area contributed by atoms with E-state index in [-0.39, 0.29) is 6.61 Å². The molecule has 0 fully saturated rings. The Balaban J connectivity index is 2.40. The monoisotopic (exact) mass is 156 g/mol. The number of hydrogen-bond donors (Lipinski definition) is 1. The summed E-state index contributed by atoms with van der Waals surface area (Å²) in [5, 5.41) is 12.9.